The zero-order valence-corrected chi connectivity index (χ0v) is 13.1. The average Bonchev–Trinajstić information content (AvgIpc) is 2.49. The monoisotopic (exact) mass is 314 g/mol. The summed E-state index contributed by atoms with van der Waals surface area (Å²) in [5.74, 6) is 0.479. The van der Waals surface area contributed by atoms with E-state index in [1.54, 1.807) is 12.1 Å². The molecule has 2 heterocycles. The van der Waals surface area contributed by atoms with E-state index in [9.17, 15) is 4.39 Å². The minimum absolute atomic E-state index is 0. The van der Waals surface area contributed by atoms with Crippen LogP contribution in [-0.2, 0) is 4.74 Å². The maximum Gasteiger partial charge on any atom is 0.123 e. The number of ether oxygens (including phenoxy) is 1. The van der Waals surface area contributed by atoms with E-state index in [0.29, 0.717) is 5.92 Å². The molecule has 21 heavy (non-hydrogen) atoms. The first kappa shape index (κ1) is 16.7. The smallest absolute Gasteiger partial charge is 0.123 e. The lowest BCUT2D eigenvalue weighted by Gasteiger charge is -2.39. The highest BCUT2D eigenvalue weighted by atomic mass is 35.5. The Morgan fingerprint density at radius 2 is 2.29 bits per heavy atom. The van der Waals surface area contributed by atoms with E-state index in [1.807, 2.05) is 6.07 Å². The minimum atomic E-state index is -0.144. The predicted octanol–water partition coefficient (Wildman–Crippen LogP) is 2.62. The first-order valence-corrected chi connectivity index (χ1v) is 7.61. The number of nitrogens with one attached hydrogen (secondary N) is 1. The van der Waals surface area contributed by atoms with Gasteiger partial charge >= 0.3 is 0 Å². The van der Waals surface area contributed by atoms with E-state index < -0.39 is 0 Å². The molecule has 118 valence electrons. The molecule has 2 aliphatic heterocycles. The van der Waals surface area contributed by atoms with Crippen LogP contribution in [0.25, 0.3) is 0 Å². The molecule has 2 unspecified atom stereocenters. The SMILES string of the molecule is Cl.Fc1cccc(C2CNCCN2CC2CCCOC2)c1. The van der Waals surface area contributed by atoms with Crippen molar-refractivity contribution < 1.29 is 9.13 Å². The lowest BCUT2D eigenvalue weighted by atomic mass is 9.97. The van der Waals surface area contributed by atoms with Crippen molar-refractivity contribution in [3.63, 3.8) is 0 Å². The average molecular weight is 315 g/mol. The van der Waals surface area contributed by atoms with E-state index >= 15 is 0 Å². The number of hydrogen-bond donors (Lipinski definition) is 1. The van der Waals surface area contributed by atoms with Crippen molar-refractivity contribution in [2.75, 3.05) is 39.4 Å². The topological polar surface area (TPSA) is 24.5 Å². The summed E-state index contributed by atoms with van der Waals surface area (Å²) in [6.07, 6.45) is 2.42. The van der Waals surface area contributed by atoms with E-state index in [0.717, 1.165) is 45.0 Å². The molecule has 0 spiro atoms. The summed E-state index contributed by atoms with van der Waals surface area (Å²) in [7, 11) is 0. The molecular weight excluding hydrogens is 291 g/mol. The number of benzene rings is 1. The third kappa shape index (κ3) is 4.39. The van der Waals surface area contributed by atoms with Crippen molar-refractivity contribution in [1.29, 1.82) is 0 Å². The van der Waals surface area contributed by atoms with Gasteiger partial charge in [0.15, 0.2) is 0 Å². The van der Waals surface area contributed by atoms with Crippen LogP contribution in [0.5, 0.6) is 0 Å². The van der Waals surface area contributed by atoms with Crippen molar-refractivity contribution in [3.05, 3.63) is 35.6 Å². The Morgan fingerprint density at radius 1 is 1.38 bits per heavy atom. The van der Waals surface area contributed by atoms with Crippen molar-refractivity contribution >= 4 is 12.4 Å². The van der Waals surface area contributed by atoms with E-state index in [4.69, 9.17) is 4.74 Å². The van der Waals surface area contributed by atoms with Gasteiger partial charge in [-0.05, 0) is 36.5 Å². The molecule has 0 aromatic heterocycles. The molecule has 1 aromatic carbocycles. The van der Waals surface area contributed by atoms with E-state index in [2.05, 4.69) is 10.2 Å². The first-order valence-electron chi connectivity index (χ1n) is 7.61. The van der Waals surface area contributed by atoms with Gasteiger partial charge in [0.2, 0.25) is 0 Å². The molecular formula is C16H24ClFN2O. The zero-order valence-electron chi connectivity index (χ0n) is 12.3. The normalized spacial score (nSPS) is 27.1. The summed E-state index contributed by atoms with van der Waals surface area (Å²) in [6, 6.07) is 7.30. The molecule has 3 nitrogen and oxygen atoms in total. The highest BCUT2D eigenvalue weighted by molar-refractivity contribution is 5.85. The summed E-state index contributed by atoms with van der Waals surface area (Å²) in [5, 5.41) is 3.42. The van der Waals surface area contributed by atoms with Crippen LogP contribution < -0.4 is 5.32 Å². The van der Waals surface area contributed by atoms with Gasteiger partial charge < -0.3 is 10.1 Å². The zero-order chi connectivity index (χ0) is 13.8. The van der Waals surface area contributed by atoms with Crippen LogP contribution in [0.3, 0.4) is 0 Å². The van der Waals surface area contributed by atoms with Gasteiger partial charge in [-0.3, -0.25) is 4.90 Å². The first-order chi connectivity index (χ1) is 9.83. The van der Waals surface area contributed by atoms with Gasteiger partial charge in [0, 0.05) is 38.8 Å². The number of piperazine rings is 1. The van der Waals surface area contributed by atoms with Crippen molar-refractivity contribution in [2.24, 2.45) is 5.92 Å². The Hall–Kier alpha value is -0.680. The predicted molar refractivity (Wildman–Crippen MR) is 84.4 cm³/mol. The summed E-state index contributed by atoms with van der Waals surface area (Å²) in [5.41, 5.74) is 1.08. The molecule has 0 bridgehead atoms. The molecule has 5 heteroatoms. The molecule has 0 saturated carbocycles. The van der Waals surface area contributed by atoms with Crippen molar-refractivity contribution in [3.8, 4) is 0 Å². The fourth-order valence-electron chi connectivity index (χ4n) is 3.29. The molecule has 3 rings (SSSR count). The number of rotatable bonds is 3. The van der Waals surface area contributed by atoms with Gasteiger partial charge in [0.25, 0.3) is 0 Å². The van der Waals surface area contributed by atoms with Gasteiger partial charge in [-0.1, -0.05) is 12.1 Å². The molecule has 0 amide bonds. The second-order valence-electron chi connectivity index (χ2n) is 5.85. The van der Waals surface area contributed by atoms with Crippen molar-refractivity contribution in [2.45, 2.75) is 18.9 Å². The molecule has 2 saturated heterocycles. The fraction of sp³-hybridized carbons (Fsp3) is 0.625. The number of nitrogens with zero attached hydrogens (tertiary/aromatic N) is 1. The highest BCUT2D eigenvalue weighted by Gasteiger charge is 2.27. The number of hydrogen-bond acceptors (Lipinski definition) is 3. The van der Waals surface area contributed by atoms with Crippen LogP contribution in [-0.4, -0.2) is 44.3 Å². The number of halogens is 2. The van der Waals surface area contributed by atoms with Gasteiger partial charge in [-0.25, -0.2) is 4.39 Å². The van der Waals surface area contributed by atoms with Crippen LogP contribution in [0.4, 0.5) is 4.39 Å². The lowest BCUT2D eigenvalue weighted by Crippen LogP contribution is -2.48. The Kier molecular flexibility index (Phi) is 6.42. The molecule has 2 aliphatic rings. The Bertz CT molecular complexity index is 440. The fourth-order valence-corrected chi connectivity index (χ4v) is 3.29. The second-order valence-corrected chi connectivity index (χ2v) is 5.85. The molecule has 2 atom stereocenters. The third-order valence-electron chi connectivity index (χ3n) is 4.34. The van der Waals surface area contributed by atoms with Crippen molar-refractivity contribution in [1.82, 2.24) is 10.2 Å². The third-order valence-corrected chi connectivity index (χ3v) is 4.34. The summed E-state index contributed by atoms with van der Waals surface area (Å²) in [4.78, 5) is 2.49. The standard InChI is InChI=1S/C16H23FN2O.ClH/c17-15-5-1-4-14(9-15)16-10-18-6-7-19(16)11-13-3-2-8-20-12-13;/h1,4-5,9,13,16,18H,2-3,6-8,10-12H2;1H. The van der Waals surface area contributed by atoms with Crippen LogP contribution in [0.1, 0.15) is 24.4 Å². The summed E-state index contributed by atoms with van der Waals surface area (Å²) < 4.78 is 19.0. The van der Waals surface area contributed by atoms with Crippen LogP contribution >= 0.6 is 12.4 Å². The molecule has 0 radical (unpaired) electrons. The van der Waals surface area contributed by atoms with Gasteiger partial charge in [-0.15, -0.1) is 12.4 Å². The Morgan fingerprint density at radius 3 is 3.05 bits per heavy atom. The maximum atomic E-state index is 13.4. The van der Waals surface area contributed by atoms with Gasteiger partial charge in [-0.2, -0.15) is 0 Å². The second kappa shape index (κ2) is 8.08. The van der Waals surface area contributed by atoms with Crippen LogP contribution in [0.2, 0.25) is 0 Å². The molecule has 1 N–H and O–H groups in total. The molecule has 0 aliphatic carbocycles. The largest absolute Gasteiger partial charge is 0.381 e. The van der Waals surface area contributed by atoms with E-state index in [-0.39, 0.29) is 24.3 Å². The summed E-state index contributed by atoms with van der Waals surface area (Å²) in [6.45, 7) is 5.78. The summed E-state index contributed by atoms with van der Waals surface area (Å²) >= 11 is 0. The van der Waals surface area contributed by atoms with Gasteiger partial charge in [0.05, 0.1) is 6.61 Å². The maximum absolute atomic E-state index is 13.4. The Balaban J connectivity index is 0.00000161. The Labute approximate surface area is 132 Å². The molecule has 2 fully saturated rings. The van der Waals surface area contributed by atoms with E-state index in [1.165, 1.54) is 18.9 Å². The van der Waals surface area contributed by atoms with Crippen LogP contribution in [0.15, 0.2) is 24.3 Å². The quantitative estimate of drug-likeness (QED) is 0.928. The highest BCUT2D eigenvalue weighted by Crippen LogP contribution is 2.25. The van der Waals surface area contributed by atoms with Gasteiger partial charge in [0.1, 0.15) is 5.82 Å². The minimum Gasteiger partial charge on any atom is -0.381 e. The van der Waals surface area contributed by atoms with Crippen LogP contribution in [0, 0.1) is 11.7 Å². The molecule has 1 aromatic rings. The lowest BCUT2D eigenvalue weighted by molar-refractivity contribution is 0.0265.